The molecule has 0 N–H and O–H groups in total. The summed E-state index contributed by atoms with van der Waals surface area (Å²) in [6.07, 6.45) is -5.39. The molecule has 1 aliphatic rings. The fourth-order valence-corrected chi connectivity index (χ4v) is 0.800. The van der Waals surface area contributed by atoms with Crippen LogP contribution in [0.4, 0.5) is 22.0 Å². The molecular formula is C6H7F5. The van der Waals surface area contributed by atoms with Crippen molar-refractivity contribution in [1.82, 2.24) is 0 Å². The smallest absolute Gasteiger partial charge is 0.196 e. The Hall–Kier alpha value is -0.350. The summed E-state index contributed by atoms with van der Waals surface area (Å²) in [5, 5.41) is 0. The first-order valence-electron chi connectivity index (χ1n) is 3.27. The highest BCUT2D eigenvalue weighted by Gasteiger charge is 2.58. The standard InChI is InChI=1S/C6H7F5/c7-5(8,6(9,10)11)3-4-1-2-4/h4H,1-3H2. The third kappa shape index (κ3) is 2.04. The Morgan fingerprint density at radius 1 is 1.00 bits per heavy atom. The van der Waals surface area contributed by atoms with E-state index in [2.05, 4.69) is 0 Å². The van der Waals surface area contributed by atoms with Crippen molar-refractivity contribution >= 4 is 0 Å². The summed E-state index contributed by atoms with van der Waals surface area (Å²) in [6, 6.07) is 0. The van der Waals surface area contributed by atoms with Crippen LogP contribution in [0.3, 0.4) is 0 Å². The zero-order valence-electron chi connectivity index (χ0n) is 5.59. The predicted octanol–water partition coefficient (Wildman–Crippen LogP) is 2.98. The van der Waals surface area contributed by atoms with E-state index >= 15 is 0 Å². The van der Waals surface area contributed by atoms with Gasteiger partial charge in [0.15, 0.2) is 0 Å². The van der Waals surface area contributed by atoms with E-state index in [-0.39, 0.29) is 0 Å². The Labute approximate surface area is 60.4 Å². The fraction of sp³-hybridized carbons (Fsp3) is 1.00. The van der Waals surface area contributed by atoms with Crippen LogP contribution < -0.4 is 0 Å². The van der Waals surface area contributed by atoms with Crippen LogP contribution in [0.5, 0.6) is 0 Å². The van der Waals surface area contributed by atoms with Crippen molar-refractivity contribution in [3.05, 3.63) is 0 Å². The van der Waals surface area contributed by atoms with Gasteiger partial charge in [-0.25, -0.2) is 0 Å². The Morgan fingerprint density at radius 2 is 1.45 bits per heavy atom. The van der Waals surface area contributed by atoms with Gasteiger partial charge in [0.1, 0.15) is 0 Å². The summed E-state index contributed by atoms with van der Waals surface area (Å²) in [7, 11) is 0. The van der Waals surface area contributed by atoms with E-state index in [0.29, 0.717) is 12.8 Å². The van der Waals surface area contributed by atoms with Crippen LogP contribution in [0, 0.1) is 5.92 Å². The number of hydrogen-bond donors (Lipinski definition) is 0. The van der Waals surface area contributed by atoms with Crippen molar-refractivity contribution in [3.63, 3.8) is 0 Å². The first-order valence-corrected chi connectivity index (χ1v) is 3.27. The van der Waals surface area contributed by atoms with Crippen LogP contribution in [0.15, 0.2) is 0 Å². The SMILES string of the molecule is FC(F)(F)C(F)(F)CC1CC1. The predicted molar refractivity (Wildman–Crippen MR) is 28.3 cm³/mol. The average Bonchev–Trinajstić information content (AvgIpc) is 2.45. The third-order valence-electron chi connectivity index (χ3n) is 1.66. The molecule has 0 unspecified atom stereocenters. The van der Waals surface area contributed by atoms with E-state index in [1.54, 1.807) is 0 Å². The van der Waals surface area contributed by atoms with E-state index in [1.165, 1.54) is 0 Å². The largest absolute Gasteiger partial charge is 0.453 e. The Kier molecular flexibility index (Phi) is 1.84. The fourth-order valence-electron chi connectivity index (χ4n) is 0.800. The van der Waals surface area contributed by atoms with Crippen LogP contribution in [-0.2, 0) is 0 Å². The third-order valence-corrected chi connectivity index (χ3v) is 1.66. The van der Waals surface area contributed by atoms with Gasteiger partial charge in [-0.3, -0.25) is 0 Å². The van der Waals surface area contributed by atoms with Gasteiger partial charge in [0, 0.05) is 6.42 Å². The Bertz CT molecular complexity index is 144. The molecule has 0 bridgehead atoms. The molecule has 1 aliphatic carbocycles. The molecule has 0 radical (unpaired) electrons. The maximum atomic E-state index is 12.1. The summed E-state index contributed by atoms with van der Waals surface area (Å²) in [5.41, 5.74) is 0. The minimum absolute atomic E-state index is 0.411. The van der Waals surface area contributed by atoms with Gasteiger partial charge in [-0.05, 0) is 18.8 Å². The second-order valence-electron chi connectivity index (χ2n) is 2.85. The van der Waals surface area contributed by atoms with Crippen molar-refractivity contribution in [2.75, 3.05) is 0 Å². The van der Waals surface area contributed by atoms with Crippen LogP contribution in [0.2, 0.25) is 0 Å². The molecule has 0 nitrogen and oxygen atoms in total. The topological polar surface area (TPSA) is 0 Å². The van der Waals surface area contributed by atoms with E-state index in [4.69, 9.17) is 0 Å². The summed E-state index contributed by atoms with van der Waals surface area (Å²) >= 11 is 0. The van der Waals surface area contributed by atoms with Gasteiger partial charge < -0.3 is 0 Å². The van der Waals surface area contributed by atoms with Crippen LogP contribution >= 0.6 is 0 Å². The maximum Gasteiger partial charge on any atom is 0.453 e. The van der Waals surface area contributed by atoms with Crippen molar-refractivity contribution in [2.24, 2.45) is 5.92 Å². The molecule has 1 rings (SSSR count). The van der Waals surface area contributed by atoms with Gasteiger partial charge in [-0.15, -0.1) is 0 Å². The van der Waals surface area contributed by atoms with E-state index in [9.17, 15) is 22.0 Å². The molecule has 0 spiro atoms. The number of halogens is 5. The minimum Gasteiger partial charge on any atom is -0.196 e. The second-order valence-corrected chi connectivity index (χ2v) is 2.85. The van der Waals surface area contributed by atoms with Crippen molar-refractivity contribution in [1.29, 1.82) is 0 Å². The monoisotopic (exact) mass is 174 g/mol. The van der Waals surface area contributed by atoms with E-state index < -0.39 is 24.4 Å². The molecule has 0 aromatic heterocycles. The quantitative estimate of drug-likeness (QED) is 0.564. The van der Waals surface area contributed by atoms with Gasteiger partial charge in [0.05, 0.1) is 0 Å². The Balaban J connectivity index is 2.49. The highest BCUT2D eigenvalue weighted by molar-refractivity contribution is 4.85. The van der Waals surface area contributed by atoms with Crippen LogP contribution in [-0.4, -0.2) is 12.1 Å². The molecule has 11 heavy (non-hydrogen) atoms. The van der Waals surface area contributed by atoms with Crippen molar-refractivity contribution in [3.8, 4) is 0 Å². The number of hydrogen-bond acceptors (Lipinski definition) is 0. The van der Waals surface area contributed by atoms with Gasteiger partial charge in [0.25, 0.3) is 0 Å². The van der Waals surface area contributed by atoms with Gasteiger partial charge in [-0.1, -0.05) is 0 Å². The molecule has 0 aliphatic heterocycles. The molecule has 1 saturated carbocycles. The first-order chi connectivity index (χ1) is 4.83. The summed E-state index contributed by atoms with van der Waals surface area (Å²) < 4.78 is 58.6. The second kappa shape index (κ2) is 2.32. The highest BCUT2D eigenvalue weighted by Crippen LogP contribution is 2.46. The van der Waals surface area contributed by atoms with Gasteiger partial charge in [0.2, 0.25) is 0 Å². The lowest BCUT2D eigenvalue weighted by atomic mass is 10.1. The normalized spacial score (nSPS) is 20.5. The van der Waals surface area contributed by atoms with Crippen molar-refractivity contribution < 1.29 is 22.0 Å². The lowest BCUT2D eigenvalue weighted by Crippen LogP contribution is -2.36. The minimum atomic E-state index is -5.37. The van der Waals surface area contributed by atoms with Crippen LogP contribution in [0.25, 0.3) is 0 Å². The average molecular weight is 174 g/mol. The Morgan fingerprint density at radius 3 is 1.73 bits per heavy atom. The number of alkyl halides is 5. The van der Waals surface area contributed by atoms with Gasteiger partial charge >= 0.3 is 12.1 Å². The zero-order valence-corrected chi connectivity index (χ0v) is 5.59. The maximum absolute atomic E-state index is 12.1. The van der Waals surface area contributed by atoms with Crippen molar-refractivity contribution in [2.45, 2.75) is 31.4 Å². The molecule has 5 heteroatoms. The molecule has 0 amide bonds. The van der Waals surface area contributed by atoms with E-state index in [0.717, 1.165) is 0 Å². The molecule has 66 valence electrons. The molecule has 0 heterocycles. The summed E-state index contributed by atoms with van der Waals surface area (Å²) in [5.74, 6) is -4.89. The molecular weight excluding hydrogens is 167 g/mol. The summed E-state index contributed by atoms with van der Waals surface area (Å²) in [4.78, 5) is 0. The first kappa shape index (κ1) is 8.74. The van der Waals surface area contributed by atoms with E-state index in [1.807, 2.05) is 0 Å². The van der Waals surface area contributed by atoms with Crippen LogP contribution in [0.1, 0.15) is 19.3 Å². The summed E-state index contributed by atoms with van der Waals surface area (Å²) in [6.45, 7) is 0. The molecule has 0 saturated heterocycles. The number of rotatable bonds is 2. The zero-order chi connectivity index (χ0) is 8.70. The molecule has 0 atom stereocenters. The lowest BCUT2D eigenvalue weighted by Gasteiger charge is -2.18. The highest BCUT2D eigenvalue weighted by atomic mass is 19.4. The molecule has 0 aromatic carbocycles. The molecule has 1 fully saturated rings. The van der Waals surface area contributed by atoms with Gasteiger partial charge in [-0.2, -0.15) is 22.0 Å². The lowest BCUT2D eigenvalue weighted by molar-refractivity contribution is -0.285. The molecule has 0 aromatic rings.